The SMILES string of the molecule is OC1C2=NOCC2C(O)C(O)C1O. The third-order valence-corrected chi connectivity index (χ3v) is 2.54. The van der Waals surface area contributed by atoms with Gasteiger partial charge in [-0.3, -0.25) is 0 Å². The average molecular weight is 189 g/mol. The van der Waals surface area contributed by atoms with Crippen molar-refractivity contribution in [3.63, 3.8) is 0 Å². The monoisotopic (exact) mass is 189 g/mol. The lowest BCUT2D eigenvalue weighted by atomic mass is 9.80. The van der Waals surface area contributed by atoms with Crippen LogP contribution in [0.1, 0.15) is 0 Å². The lowest BCUT2D eigenvalue weighted by Crippen LogP contribution is -2.58. The highest BCUT2D eigenvalue weighted by Gasteiger charge is 2.49. The maximum absolute atomic E-state index is 9.45. The van der Waals surface area contributed by atoms with E-state index in [-0.39, 0.29) is 12.3 Å². The van der Waals surface area contributed by atoms with Gasteiger partial charge in [0.15, 0.2) is 0 Å². The normalized spacial score (nSPS) is 49.5. The van der Waals surface area contributed by atoms with Crippen LogP contribution in [-0.2, 0) is 4.84 Å². The van der Waals surface area contributed by atoms with Crippen LogP contribution >= 0.6 is 0 Å². The van der Waals surface area contributed by atoms with Crippen LogP contribution in [0.2, 0.25) is 0 Å². The van der Waals surface area contributed by atoms with E-state index in [0.717, 1.165) is 0 Å². The van der Waals surface area contributed by atoms with Gasteiger partial charge < -0.3 is 25.3 Å². The number of oxime groups is 1. The molecule has 1 fully saturated rings. The highest BCUT2D eigenvalue weighted by Crippen LogP contribution is 2.27. The number of hydrogen-bond donors (Lipinski definition) is 4. The predicted molar refractivity (Wildman–Crippen MR) is 40.9 cm³/mol. The first-order valence-corrected chi connectivity index (χ1v) is 4.05. The lowest BCUT2D eigenvalue weighted by molar-refractivity contribution is -0.115. The van der Waals surface area contributed by atoms with Crippen molar-refractivity contribution >= 4 is 5.71 Å². The summed E-state index contributed by atoms with van der Waals surface area (Å²) in [5.74, 6) is -0.506. The number of aliphatic hydroxyl groups is 4. The minimum absolute atomic E-state index is 0.136. The Labute approximate surface area is 74.1 Å². The zero-order valence-electron chi connectivity index (χ0n) is 6.74. The van der Waals surface area contributed by atoms with Crippen molar-refractivity contribution in [3.05, 3.63) is 0 Å². The van der Waals surface area contributed by atoms with Crippen molar-refractivity contribution in [2.24, 2.45) is 11.1 Å². The van der Waals surface area contributed by atoms with Crippen molar-refractivity contribution in [2.45, 2.75) is 24.4 Å². The second-order valence-electron chi connectivity index (χ2n) is 3.34. The molecule has 1 heterocycles. The molecule has 0 radical (unpaired) electrons. The van der Waals surface area contributed by atoms with Gasteiger partial charge in [0.05, 0.1) is 17.7 Å². The van der Waals surface area contributed by atoms with Crippen LogP contribution in [0.4, 0.5) is 0 Å². The van der Waals surface area contributed by atoms with E-state index >= 15 is 0 Å². The average Bonchev–Trinajstić information content (AvgIpc) is 2.59. The molecule has 1 saturated carbocycles. The maximum Gasteiger partial charge on any atom is 0.128 e. The number of hydrogen-bond acceptors (Lipinski definition) is 6. The molecule has 0 amide bonds. The Balaban J connectivity index is 2.27. The van der Waals surface area contributed by atoms with Crippen LogP contribution in [0.3, 0.4) is 0 Å². The molecule has 1 aliphatic heterocycles. The van der Waals surface area contributed by atoms with E-state index in [2.05, 4.69) is 9.99 Å². The summed E-state index contributed by atoms with van der Waals surface area (Å²) in [5, 5.41) is 40.9. The summed E-state index contributed by atoms with van der Waals surface area (Å²) >= 11 is 0. The number of nitrogens with zero attached hydrogens (tertiary/aromatic N) is 1. The zero-order chi connectivity index (χ0) is 9.59. The summed E-state index contributed by atoms with van der Waals surface area (Å²) in [6.45, 7) is 0.136. The Morgan fingerprint density at radius 2 is 1.77 bits per heavy atom. The van der Waals surface area contributed by atoms with Crippen LogP contribution in [0.25, 0.3) is 0 Å². The van der Waals surface area contributed by atoms with E-state index in [1.807, 2.05) is 0 Å². The second kappa shape index (κ2) is 2.91. The molecule has 0 aromatic rings. The van der Waals surface area contributed by atoms with Gasteiger partial charge in [0.25, 0.3) is 0 Å². The van der Waals surface area contributed by atoms with Gasteiger partial charge >= 0.3 is 0 Å². The molecule has 0 bridgehead atoms. The van der Waals surface area contributed by atoms with Crippen LogP contribution in [0.15, 0.2) is 5.16 Å². The first kappa shape index (κ1) is 8.89. The molecule has 4 N–H and O–H groups in total. The first-order valence-electron chi connectivity index (χ1n) is 4.05. The Hall–Kier alpha value is -0.690. The van der Waals surface area contributed by atoms with Gasteiger partial charge in [-0.15, -0.1) is 0 Å². The van der Waals surface area contributed by atoms with Gasteiger partial charge in [0.2, 0.25) is 0 Å². The summed E-state index contributed by atoms with van der Waals surface area (Å²) in [7, 11) is 0. The van der Waals surface area contributed by atoms with Gasteiger partial charge in [-0.1, -0.05) is 5.16 Å². The van der Waals surface area contributed by atoms with Gasteiger partial charge in [0, 0.05) is 0 Å². The van der Waals surface area contributed by atoms with Crippen LogP contribution in [0, 0.1) is 5.92 Å². The molecule has 6 nitrogen and oxygen atoms in total. The van der Waals surface area contributed by atoms with E-state index in [1.54, 1.807) is 0 Å². The molecule has 0 aromatic heterocycles. The van der Waals surface area contributed by atoms with Crippen LogP contribution in [0.5, 0.6) is 0 Å². The van der Waals surface area contributed by atoms with Crippen molar-refractivity contribution in [1.29, 1.82) is 0 Å². The molecule has 74 valence electrons. The van der Waals surface area contributed by atoms with Crippen molar-refractivity contribution in [2.75, 3.05) is 6.61 Å². The van der Waals surface area contributed by atoms with E-state index in [9.17, 15) is 20.4 Å². The standard InChI is InChI=1S/C7H11NO5/c9-4-2-1-13-8-3(2)5(10)7(12)6(4)11/h2,4-7,9-12H,1H2. The fraction of sp³-hybridized carbons (Fsp3) is 0.857. The zero-order valence-corrected chi connectivity index (χ0v) is 6.74. The smallest absolute Gasteiger partial charge is 0.128 e. The lowest BCUT2D eigenvalue weighted by Gasteiger charge is -2.35. The molecule has 0 saturated heterocycles. The largest absolute Gasteiger partial charge is 0.395 e. The van der Waals surface area contributed by atoms with E-state index in [4.69, 9.17) is 0 Å². The molecule has 6 heteroatoms. The van der Waals surface area contributed by atoms with Crippen molar-refractivity contribution < 1.29 is 25.3 Å². The Morgan fingerprint density at radius 3 is 2.46 bits per heavy atom. The summed E-state index contributed by atoms with van der Waals surface area (Å²) in [6, 6.07) is 0. The molecule has 13 heavy (non-hydrogen) atoms. The Kier molecular flexibility index (Phi) is 1.99. The van der Waals surface area contributed by atoms with E-state index < -0.39 is 30.3 Å². The van der Waals surface area contributed by atoms with E-state index in [1.165, 1.54) is 0 Å². The fourth-order valence-corrected chi connectivity index (χ4v) is 1.69. The van der Waals surface area contributed by atoms with Gasteiger partial charge in [-0.2, -0.15) is 0 Å². The van der Waals surface area contributed by atoms with Gasteiger partial charge in [-0.05, 0) is 0 Å². The van der Waals surface area contributed by atoms with Gasteiger partial charge in [-0.25, -0.2) is 0 Å². The molecule has 2 aliphatic rings. The molecule has 1 aliphatic carbocycles. The number of rotatable bonds is 0. The predicted octanol–water partition coefficient (Wildman–Crippen LogP) is -2.55. The highest BCUT2D eigenvalue weighted by atomic mass is 16.6. The molecular weight excluding hydrogens is 178 g/mol. The Bertz CT molecular complexity index is 243. The molecule has 2 rings (SSSR count). The third-order valence-electron chi connectivity index (χ3n) is 2.54. The fourth-order valence-electron chi connectivity index (χ4n) is 1.69. The summed E-state index contributed by atoms with van der Waals surface area (Å²) in [6.07, 6.45) is -5.11. The molecule has 5 atom stereocenters. The second-order valence-corrected chi connectivity index (χ2v) is 3.34. The summed E-state index contributed by atoms with van der Waals surface area (Å²) in [5.41, 5.74) is 0.213. The summed E-state index contributed by atoms with van der Waals surface area (Å²) < 4.78 is 0. The minimum atomic E-state index is -1.40. The summed E-state index contributed by atoms with van der Waals surface area (Å²) in [4.78, 5) is 4.67. The number of fused-ring (bicyclic) bond motifs is 1. The first-order chi connectivity index (χ1) is 6.13. The molecule has 0 spiro atoms. The highest BCUT2D eigenvalue weighted by molar-refractivity contribution is 5.93. The van der Waals surface area contributed by atoms with Crippen LogP contribution < -0.4 is 0 Å². The van der Waals surface area contributed by atoms with Gasteiger partial charge in [0.1, 0.15) is 24.9 Å². The quantitative estimate of drug-likeness (QED) is 0.336. The molecular formula is C7H11NO5. The minimum Gasteiger partial charge on any atom is -0.395 e. The third kappa shape index (κ3) is 1.14. The Morgan fingerprint density at radius 1 is 1.08 bits per heavy atom. The molecule has 5 unspecified atom stereocenters. The van der Waals surface area contributed by atoms with Crippen molar-refractivity contribution in [3.8, 4) is 0 Å². The van der Waals surface area contributed by atoms with E-state index in [0.29, 0.717) is 0 Å². The van der Waals surface area contributed by atoms with Crippen LogP contribution in [-0.4, -0.2) is 57.2 Å². The number of aliphatic hydroxyl groups excluding tert-OH is 4. The maximum atomic E-state index is 9.45. The molecule has 0 aromatic carbocycles. The van der Waals surface area contributed by atoms with Crippen molar-refractivity contribution in [1.82, 2.24) is 0 Å². The topological polar surface area (TPSA) is 103 Å².